The summed E-state index contributed by atoms with van der Waals surface area (Å²) >= 11 is 3.34. The molecule has 21 heavy (non-hydrogen) atoms. The van der Waals surface area contributed by atoms with Crippen LogP contribution in [0.2, 0.25) is 0 Å². The van der Waals surface area contributed by atoms with E-state index in [1.54, 1.807) is 6.07 Å². The average molecular weight is 379 g/mol. The molecule has 0 bridgehead atoms. The summed E-state index contributed by atoms with van der Waals surface area (Å²) in [5.41, 5.74) is 1.04. The van der Waals surface area contributed by atoms with Gasteiger partial charge in [-0.05, 0) is 53.5 Å². The van der Waals surface area contributed by atoms with E-state index < -0.39 is 10.0 Å². The van der Waals surface area contributed by atoms with Gasteiger partial charge < -0.3 is 10.1 Å². The Morgan fingerprint density at radius 1 is 1.24 bits per heavy atom. The van der Waals surface area contributed by atoms with Gasteiger partial charge in [-0.25, -0.2) is 13.1 Å². The monoisotopic (exact) mass is 378 g/mol. The summed E-state index contributed by atoms with van der Waals surface area (Å²) in [4.78, 5) is 0.248. The molecular formula is C14H23BrN2O3S. The number of sulfonamides is 1. The lowest BCUT2D eigenvalue weighted by Gasteiger charge is -2.10. The molecule has 1 rings (SSSR count). The minimum Gasteiger partial charge on any atom is -0.380 e. The van der Waals surface area contributed by atoms with Crippen molar-refractivity contribution < 1.29 is 13.2 Å². The molecule has 2 N–H and O–H groups in total. The molecule has 0 heterocycles. The first-order valence-corrected chi connectivity index (χ1v) is 9.35. The highest BCUT2D eigenvalue weighted by atomic mass is 79.9. The highest BCUT2D eigenvalue weighted by Gasteiger charge is 2.17. The molecule has 1 aromatic rings. The minimum absolute atomic E-state index is 0.248. The second kappa shape index (κ2) is 9.53. The van der Waals surface area contributed by atoms with E-state index in [1.807, 2.05) is 19.1 Å². The van der Waals surface area contributed by atoms with Crippen LogP contribution in [0.25, 0.3) is 0 Å². The third kappa shape index (κ3) is 6.44. The van der Waals surface area contributed by atoms with Gasteiger partial charge in [0, 0.05) is 24.2 Å². The maximum absolute atomic E-state index is 12.2. The van der Waals surface area contributed by atoms with E-state index in [9.17, 15) is 8.42 Å². The summed E-state index contributed by atoms with van der Waals surface area (Å²) < 4.78 is 32.6. The molecule has 0 atom stereocenters. The van der Waals surface area contributed by atoms with Crippen molar-refractivity contribution in [3.05, 3.63) is 28.2 Å². The van der Waals surface area contributed by atoms with Crippen molar-refractivity contribution in [3.63, 3.8) is 0 Å². The predicted molar refractivity (Wildman–Crippen MR) is 87.8 cm³/mol. The van der Waals surface area contributed by atoms with Crippen LogP contribution in [-0.4, -0.2) is 34.7 Å². The van der Waals surface area contributed by atoms with Crippen LogP contribution in [0.5, 0.6) is 0 Å². The van der Waals surface area contributed by atoms with Crippen LogP contribution in [0.15, 0.2) is 27.6 Å². The molecule has 0 aromatic heterocycles. The number of rotatable bonds is 10. The quantitative estimate of drug-likeness (QED) is 0.612. The Morgan fingerprint density at radius 2 is 2.00 bits per heavy atom. The van der Waals surface area contributed by atoms with E-state index in [1.165, 1.54) is 0 Å². The molecular weight excluding hydrogens is 356 g/mol. The third-order valence-electron chi connectivity index (χ3n) is 2.78. The summed E-state index contributed by atoms with van der Waals surface area (Å²) in [6, 6.07) is 5.28. The van der Waals surface area contributed by atoms with Gasteiger partial charge in [0.15, 0.2) is 0 Å². The highest BCUT2D eigenvalue weighted by molar-refractivity contribution is 9.10. The fraction of sp³-hybridized carbons (Fsp3) is 0.571. The molecule has 0 aliphatic rings. The standard InChI is InChI=1S/C14H23BrN2O3S/c1-3-7-16-11-12-5-6-14(13(15)10-12)21(18,19)17-8-9-20-4-2/h5-6,10,16-17H,3-4,7-9,11H2,1-2H3. The van der Waals surface area contributed by atoms with Crippen molar-refractivity contribution in [2.45, 2.75) is 31.7 Å². The van der Waals surface area contributed by atoms with Gasteiger partial charge in [-0.15, -0.1) is 0 Å². The van der Waals surface area contributed by atoms with Gasteiger partial charge in [-0.2, -0.15) is 0 Å². The van der Waals surface area contributed by atoms with Crippen LogP contribution in [0.3, 0.4) is 0 Å². The predicted octanol–water partition coefficient (Wildman–Crippen LogP) is 2.26. The third-order valence-corrected chi connectivity index (χ3v) is 5.22. The van der Waals surface area contributed by atoms with Gasteiger partial charge >= 0.3 is 0 Å². The lowest BCUT2D eigenvalue weighted by molar-refractivity contribution is 0.153. The van der Waals surface area contributed by atoms with Gasteiger partial charge in [0.1, 0.15) is 0 Å². The molecule has 0 aliphatic heterocycles. The zero-order valence-electron chi connectivity index (χ0n) is 12.5. The Kier molecular flexibility index (Phi) is 8.43. The van der Waals surface area contributed by atoms with E-state index in [-0.39, 0.29) is 11.4 Å². The van der Waals surface area contributed by atoms with E-state index in [0.29, 0.717) is 17.7 Å². The molecule has 0 amide bonds. The van der Waals surface area contributed by atoms with Crippen LogP contribution in [-0.2, 0) is 21.3 Å². The Bertz CT molecular complexity index is 535. The number of ether oxygens (including phenoxy) is 1. The first kappa shape index (κ1) is 18.6. The smallest absolute Gasteiger partial charge is 0.241 e. The number of halogens is 1. The van der Waals surface area contributed by atoms with Gasteiger partial charge in [0.05, 0.1) is 11.5 Å². The minimum atomic E-state index is -3.51. The lowest BCUT2D eigenvalue weighted by atomic mass is 10.2. The largest absolute Gasteiger partial charge is 0.380 e. The van der Waals surface area contributed by atoms with Crippen molar-refractivity contribution in [1.82, 2.24) is 10.0 Å². The van der Waals surface area contributed by atoms with E-state index in [4.69, 9.17) is 4.74 Å². The molecule has 5 nitrogen and oxygen atoms in total. The van der Waals surface area contributed by atoms with Gasteiger partial charge in [0.2, 0.25) is 10.0 Å². The molecule has 0 spiro atoms. The van der Waals surface area contributed by atoms with Crippen LogP contribution in [0.4, 0.5) is 0 Å². The van der Waals surface area contributed by atoms with E-state index in [2.05, 4.69) is 32.9 Å². The summed E-state index contributed by atoms with van der Waals surface area (Å²) in [7, 11) is -3.51. The maximum Gasteiger partial charge on any atom is 0.241 e. The lowest BCUT2D eigenvalue weighted by Crippen LogP contribution is -2.27. The maximum atomic E-state index is 12.2. The molecule has 1 aromatic carbocycles. The molecule has 0 saturated carbocycles. The summed E-state index contributed by atoms with van der Waals surface area (Å²) in [6.45, 7) is 6.85. The molecule has 0 saturated heterocycles. The van der Waals surface area contributed by atoms with Crippen molar-refractivity contribution >= 4 is 26.0 Å². The summed E-state index contributed by atoms with van der Waals surface area (Å²) in [5, 5.41) is 3.28. The van der Waals surface area contributed by atoms with Gasteiger partial charge in [0.25, 0.3) is 0 Å². The van der Waals surface area contributed by atoms with Crippen LogP contribution in [0.1, 0.15) is 25.8 Å². The molecule has 0 fully saturated rings. The van der Waals surface area contributed by atoms with Crippen molar-refractivity contribution in [3.8, 4) is 0 Å². The second-order valence-electron chi connectivity index (χ2n) is 4.54. The molecule has 0 unspecified atom stereocenters. The van der Waals surface area contributed by atoms with Crippen LogP contribution < -0.4 is 10.0 Å². The Balaban J connectivity index is 2.69. The first-order valence-electron chi connectivity index (χ1n) is 7.07. The number of hydrogen-bond acceptors (Lipinski definition) is 4. The van der Waals surface area contributed by atoms with Gasteiger partial charge in [-0.1, -0.05) is 13.0 Å². The average Bonchev–Trinajstić information content (AvgIpc) is 2.44. The fourth-order valence-corrected chi connectivity index (χ4v) is 3.89. The van der Waals surface area contributed by atoms with E-state index >= 15 is 0 Å². The second-order valence-corrected chi connectivity index (χ2v) is 7.13. The highest BCUT2D eigenvalue weighted by Crippen LogP contribution is 2.23. The van der Waals surface area contributed by atoms with Crippen LogP contribution in [0, 0.1) is 0 Å². The molecule has 0 radical (unpaired) electrons. The molecule has 0 aliphatic carbocycles. The van der Waals surface area contributed by atoms with Crippen molar-refractivity contribution in [2.24, 2.45) is 0 Å². The molecule has 120 valence electrons. The van der Waals surface area contributed by atoms with Crippen LogP contribution >= 0.6 is 15.9 Å². The zero-order valence-corrected chi connectivity index (χ0v) is 14.9. The van der Waals surface area contributed by atoms with E-state index in [0.717, 1.165) is 25.1 Å². The normalized spacial score (nSPS) is 11.8. The summed E-state index contributed by atoms with van der Waals surface area (Å²) in [5.74, 6) is 0. The first-order chi connectivity index (χ1) is 10.0. The summed E-state index contributed by atoms with van der Waals surface area (Å²) in [6.07, 6.45) is 1.07. The zero-order chi connectivity index (χ0) is 15.7. The van der Waals surface area contributed by atoms with Crippen molar-refractivity contribution in [2.75, 3.05) is 26.3 Å². The topological polar surface area (TPSA) is 67.4 Å². The Hall–Kier alpha value is -0.470. The number of hydrogen-bond donors (Lipinski definition) is 2. The number of benzene rings is 1. The fourth-order valence-electron chi connectivity index (χ4n) is 1.75. The van der Waals surface area contributed by atoms with Crippen molar-refractivity contribution in [1.29, 1.82) is 0 Å². The molecule has 7 heteroatoms. The number of nitrogens with one attached hydrogen (secondary N) is 2. The Morgan fingerprint density at radius 3 is 2.62 bits per heavy atom. The Labute approximate surface area is 135 Å². The van der Waals surface area contributed by atoms with Gasteiger partial charge in [-0.3, -0.25) is 0 Å². The SMILES string of the molecule is CCCNCc1ccc(S(=O)(=O)NCCOCC)c(Br)c1.